The summed E-state index contributed by atoms with van der Waals surface area (Å²) in [6.45, 7) is 0. The lowest BCUT2D eigenvalue weighted by Crippen LogP contribution is -2.43. The predicted octanol–water partition coefficient (Wildman–Crippen LogP) is 3.84. The van der Waals surface area contributed by atoms with Crippen molar-refractivity contribution in [3.8, 4) is 5.75 Å². The highest BCUT2D eigenvalue weighted by atomic mass is 16.5. The standard InChI is InChI=1S/C21H21N3O2/c1-26-16-9-7-15(8-10-16)21(11-2-3-12-21)24-20(25)17-5-4-6-18-19(17)23-14-13-22-18/h4-10,13-14H,2-3,11-12H2,1H3,(H,24,25). The molecule has 5 nitrogen and oxygen atoms in total. The Morgan fingerprint density at radius 3 is 2.50 bits per heavy atom. The second kappa shape index (κ2) is 6.75. The van der Waals surface area contributed by atoms with Crippen LogP contribution in [0.5, 0.6) is 5.75 Å². The summed E-state index contributed by atoms with van der Waals surface area (Å²) in [6.07, 6.45) is 7.32. The lowest BCUT2D eigenvalue weighted by molar-refractivity contribution is 0.0899. The van der Waals surface area contributed by atoms with Crippen LogP contribution in [-0.2, 0) is 5.54 Å². The molecule has 132 valence electrons. The fraction of sp³-hybridized carbons (Fsp3) is 0.286. The highest BCUT2D eigenvalue weighted by molar-refractivity contribution is 6.04. The monoisotopic (exact) mass is 347 g/mol. The van der Waals surface area contributed by atoms with E-state index in [1.165, 1.54) is 0 Å². The Labute approximate surface area is 152 Å². The third-order valence-electron chi connectivity index (χ3n) is 5.20. The van der Waals surface area contributed by atoms with E-state index in [9.17, 15) is 4.79 Å². The van der Waals surface area contributed by atoms with E-state index in [1.807, 2.05) is 42.5 Å². The van der Waals surface area contributed by atoms with Gasteiger partial charge in [-0.3, -0.25) is 14.8 Å². The van der Waals surface area contributed by atoms with Gasteiger partial charge in [0.2, 0.25) is 0 Å². The number of benzene rings is 2. The van der Waals surface area contributed by atoms with Crippen molar-refractivity contribution in [2.24, 2.45) is 0 Å². The van der Waals surface area contributed by atoms with Gasteiger partial charge >= 0.3 is 0 Å². The minimum Gasteiger partial charge on any atom is -0.497 e. The molecular weight excluding hydrogens is 326 g/mol. The normalized spacial score (nSPS) is 15.7. The molecular formula is C21H21N3O2. The topological polar surface area (TPSA) is 64.1 Å². The number of para-hydroxylation sites is 1. The summed E-state index contributed by atoms with van der Waals surface area (Å²) in [5, 5.41) is 3.31. The molecule has 0 atom stereocenters. The van der Waals surface area contributed by atoms with E-state index in [1.54, 1.807) is 19.5 Å². The molecule has 0 saturated heterocycles. The van der Waals surface area contributed by atoms with Crippen molar-refractivity contribution >= 4 is 16.9 Å². The number of carbonyl (C=O) groups excluding carboxylic acids is 1. The molecule has 0 aliphatic heterocycles. The van der Waals surface area contributed by atoms with Crippen LogP contribution in [0.25, 0.3) is 11.0 Å². The van der Waals surface area contributed by atoms with Gasteiger partial charge in [-0.05, 0) is 42.7 Å². The van der Waals surface area contributed by atoms with Crippen LogP contribution in [0.15, 0.2) is 54.9 Å². The van der Waals surface area contributed by atoms with E-state index in [0.717, 1.165) is 42.5 Å². The SMILES string of the molecule is COc1ccc(C2(NC(=O)c3cccc4nccnc34)CCCC2)cc1. The Morgan fingerprint density at radius 1 is 1.04 bits per heavy atom. The molecule has 0 bridgehead atoms. The molecule has 3 aromatic rings. The minimum absolute atomic E-state index is 0.103. The molecule has 4 rings (SSSR count). The molecule has 26 heavy (non-hydrogen) atoms. The molecule has 1 amide bonds. The first kappa shape index (κ1) is 16.5. The number of aromatic nitrogens is 2. The Bertz CT molecular complexity index is 926. The molecule has 0 radical (unpaired) electrons. The van der Waals surface area contributed by atoms with Gasteiger partial charge in [-0.25, -0.2) is 0 Å². The van der Waals surface area contributed by atoms with Crippen LogP contribution in [0.4, 0.5) is 0 Å². The Hall–Kier alpha value is -2.95. The van der Waals surface area contributed by atoms with E-state index in [0.29, 0.717) is 11.1 Å². The van der Waals surface area contributed by atoms with Crippen LogP contribution in [0.2, 0.25) is 0 Å². The predicted molar refractivity (Wildman–Crippen MR) is 100 cm³/mol. The first-order chi connectivity index (χ1) is 12.7. The average molecular weight is 347 g/mol. The third-order valence-corrected chi connectivity index (χ3v) is 5.20. The van der Waals surface area contributed by atoms with E-state index < -0.39 is 0 Å². The number of rotatable bonds is 4. The quantitative estimate of drug-likeness (QED) is 0.779. The molecule has 1 aliphatic carbocycles. The smallest absolute Gasteiger partial charge is 0.254 e. The number of fused-ring (bicyclic) bond motifs is 1. The summed E-state index contributed by atoms with van der Waals surface area (Å²) in [7, 11) is 1.66. The van der Waals surface area contributed by atoms with Gasteiger partial charge in [-0.1, -0.05) is 31.0 Å². The van der Waals surface area contributed by atoms with Gasteiger partial charge in [-0.2, -0.15) is 0 Å². The molecule has 5 heteroatoms. The molecule has 1 N–H and O–H groups in total. The third kappa shape index (κ3) is 2.90. The van der Waals surface area contributed by atoms with Crippen LogP contribution in [0.1, 0.15) is 41.6 Å². The summed E-state index contributed by atoms with van der Waals surface area (Å²) in [5.41, 5.74) is 2.71. The number of nitrogens with zero attached hydrogens (tertiary/aromatic N) is 2. The zero-order valence-corrected chi connectivity index (χ0v) is 14.7. The molecule has 1 aromatic heterocycles. The van der Waals surface area contributed by atoms with E-state index in [2.05, 4.69) is 15.3 Å². The number of methoxy groups -OCH3 is 1. The van der Waals surface area contributed by atoms with Crippen molar-refractivity contribution in [1.29, 1.82) is 0 Å². The van der Waals surface area contributed by atoms with Gasteiger partial charge in [0.15, 0.2) is 0 Å². The Kier molecular flexibility index (Phi) is 4.29. The van der Waals surface area contributed by atoms with E-state index >= 15 is 0 Å². The largest absolute Gasteiger partial charge is 0.497 e. The number of ether oxygens (including phenoxy) is 1. The number of hydrogen-bond acceptors (Lipinski definition) is 4. The second-order valence-corrected chi connectivity index (χ2v) is 6.70. The fourth-order valence-electron chi connectivity index (χ4n) is 3.84. The highest BCUT2D eigenvalue weighted by Gasteiger charge is 2.37. The number of carbonyl (C=O) groups is 1. The maximum absolute atomic E-state index is 13.1. The van der Waals surface area contributed by atoms with Crippen molar-refractivity contribution in [1.82, 2.24) is 15.3 Å². The molecule has 1 aliphatic rings. The Balaban J connectivity index is 1.69. The van der Waals surface area contributed by atoms with Gasteiger partial charge in [0.25, 0.3) is 5.91 Å². The zero-order valence-electron chi connectivity index (χ0n) is 14.7. The highest BCUT2D eigenvalue weighted by Crippen LogP contribution is 2.39. The van der Waals surface area contributed by atoms with Crippen LogP contribution < -0.4 is 10.1 Å². The van der Waals surface area contributed by atoms with Gasteiger partial charge in [-0.15, -0.1) is 0 Å². The van der Waals surface area contributed by atoms with Gasteiger partial charge in [0.05, 0.1) is 23.7 Å². The van der Waals surface area contributed by atoms with Crippen molar-refractivity contribution in [2.45, 2.75) is 31.2 Å². The molecule has 2 aromatic carbocycles. The second-order valence-electron chi connectivity index (χ2n) is 6.70. The zero-order chi connectivity index (χ0) is 18.0. The molecule has 1 saturated carbocycles. The van der Waals surface area contributed by atoms with Gasteiger partial charge in [0.1, 0.15) is 11.3 Å². The van der Waals surface area contributed by atoms with Crippen LogP contribution >= 0.6 is 0 Å². The first-order valence-corrected chi connectivity index (χ1v) is 8.89. The van der Waals surface area contributed by atoms with E-state index in [4.69, 9.17) is 4.74 Å². The summed E-state index contributed by atoms with van der Waals surface area (Å²) in [5.74, 6) is 0.714. The molecule has 1 heterocycles. The summed E-state index contributed by atoms with van der Waals surface area (Å²) >= 11 is 0. The van der Waals surface area contributed by atoms with Gasteiger partial charge < -0.3 is 10.1 Å². The van der Waals surface area contributed by atoms with Crippen molar-refractivity contribution in [3.63, 3.8) is 0 Å². The molecule has 1 fully saturated rings. The Morgan fingerprint density at radius 2 is 1.77 bits per heavy atom. The van der Waals surface area contributed by atoms with Crippen LogP contribution in [0, 0.1) is 0 Å². The summed E-state index contributed by atoms with van der Waals surface area (Å²) in [4.78, 5) is 21.8. The minimum atomic E-state index is -0.340. The summed E-state index contributed by atoms with van der Waals surface area (Å²) in [6, 6.07) is 13.5. The molecule has 0 unspecified atom stereocenters. The lowest BCUT2D eigenvalue weighted by Gasteiger charge is -2.31. The molecule has 0 spiro atoms. The first-order valence-electron chi connectivity index (χ1n) is 8.89. The van der Waals surface area contributed by atoms with Crippen molar-refractivity contribution in [3.05, 3.63) is 66.0 Å². The average Bonchev–Trinajstić information content (AvgIpc) is 3.17. The van der Waals surface area contributed by atoms with Gasteiger partial charge in [0, 0.05) is 12.4 Å². The maximum atomic E-state index is 13.1. The number of amides is 1. The van der Waals surface area contributed by atoms with Crippen molar-refractivity contribution in [2.75, 3.05) is 7.11 Å². The van der Waals surface area contributed by atoms with Crippen LogP contribution in [0.3, 0.4) is 0 Å². The lowest BCUT2D eigenvalue weighted by atomic mass is 9.87. The van der Waals surface area contributed by atoms with Crippen LogP contribution in [-0.4, -0.2) is 23.0 Å². The maximum Gasteiger partial charge on any atom is 0.254 e. The fourth-order valence-corrected chi connectivity index (χ4v) is 3.84. The van der Waals surface area contributed by atoms with E-state index in [-0.39, 0.29) is 11.4 Å². The van der Waals surface area contributed by atoms with Crippen molar-refractivity contribution < 1.29 is 9.53 Å². The number of nitrogens with one attached hydrogen (secondary N) is 1. The number of hydrogen-bond donors (Lipinski definition) is 1. The summed E-state index contributed by atoms with van der Waals surface area (Å²) < 4.78 is 5.26.